The molecule has 1 aromatic rings. The number of hydrogen-bond acceptors (Lipinski definition) is 3. The average molecular weight is 285 g/mol. The molecule has 0 bridgehead atoms. The van der Waals surface area contributed by atoms with Gasteiger partial charge in [0.1, 0.15) is 5.82 Å². The maximum absolute atomic E-state index is 4.95. The van der Waals surface area contributed by atoms with Crippen LogP contribution in [0, 0.1) is 5.92 Å². The normalized spacial score (nSPS) is 29.2. The first-order chi connectivity index (χ1) is 10.4. The van der Waals surface area contributed by atoms with Gasteiger partial charge in [0.25, 0.3) is 0 Å². The van der Waals surface area contributed by atoms with Crippen molar-refractivity contribution in [3.8, 4) is 0 Å². The van der Waals surface area contributed by atoms with E-state index in [-0.39, 0.29) is 0 Å². The Balaban J connectivity index is 1.49. The molecule has 2 aliphatic carbocycles. The van der Waals surface area contributed by atoms with Crippen LogP contribution in [0.5, 0.6) is 0 Å². The van der Waals surface area contributed by atoms with Crippen LogP contribution in [0.15, 0.2) is 18.2 Å². The van der Waals surface area contributed by atoms with Gasteiger partial charge in [0.2, 0.25) is 0 Å². The monoisotopic (exact) mass is 285 g/mol. The molecule has 1 N–H and O–H groups in total. The molecule has 3 nitrogen and oxygen atoms in total. The quantitative estimate of drug-likeness (QED) is 0.918. The highest BCUT2D eigenvalue weighted by Crippen LogP contribution is 2.37. The molecule has 2 heterocycles. The summed E-state index contributed by atoms with van der Waals surface area (Å²) in [6.07, 6.45) is 11.1. The van der Waals surface area contributed by atoms with Gasteiger partial charge in [-0.05, 0) is 56.6 Å². The SMILES string of the molecule is c1cc(CNC2CC2)nc(N2CCCC3CCCCC32)c1. The average Bonchev–Trinajstić information content (AvgIpc) is 3.37. The first-order valence-electron chi connectivity index (χ1n) is 8.86. The van der Waals surface area contributed by atoms with Crippen LogP contribution in [-0.2, 0) is 6.54 Å². The van der Waals surface area contributed by atoms with E-state index in [1.807, 2.05) is 0 Å². The minimum atomic E-state index is 0.756. The molecular formula is C18H27N3. The number of anilines is 1. The van der Waals surface area contributed by atoms with Crippen LogP contribution in [0.1, 0.15) is 57.1 Å². The third-order valence-corrected chi connectivity index (χ3v) is 5.48. The summed E-state index contributed by atoms with van der Waals surface area (Å²) in [6, 6.07) is 8.09. The van der Waals surface area contributed by atoms with E-state index in [4.69, 9.17) is 4.98 Å². The summed E-state index contributed by atoms with van der Waals surface area (Å²) in [5, 5.41) is 3.58. The highest BCUT2D eigenvalue weighted by molar-refractivity contribution is 5.41. The molecular weight excluding hydrogens is 258 g/mol. The summed E-state index contributed by atoms with van der Waals surface area (Å²) in [4.78, 5) is 7.57. The van der Waals surface area contributed by atoms with Crippen molar-refractivity contribution in [3.63, 3.8) is 0 Å². The lowest BCUT2D eigenvalue weighted by molar-refractivity contribution is 0.242. The fourth-order valence-electron chi connectivity index (χ4n) is 4.17. The lowest BCUT2D eigenvalue weighted by Crippen LogP contribution is -2.47. The first-order valence-corrected chi connectivity index (χ1v) is 8.86. The molecule has 0 spiro atoms. The smallest absolute Gasteiger partial charge is 0.129 e. The van der Waals surface area contributed by atoms with Gasteiger partial charge in [-0.3, -0.25) is 0 Å². The summed E-state index contributed by atoms with van der Waals surface area (Å²) >= 11 is 0. The predicted octanol–water partition coefficient (Wildman–Crippen LogP) is 3.49. The number of aromatic nitrogens is 1. The Morgan fingerprint density at radius 2 is 1.90 bits per heavy atom. The number of nitrogens with one attached hydrogen (secondary N) is 1. The fourth-order valence-corrected chi connectivity index (χ4v) is 4.17. The minimum absolute atomic E-state index is 0.756. The van der Waals surface area contributed by atoms with Crippen LogP contribution >= 0.6 is 0 Å². The van der Waals surface area contributed by atoms with Gasteiger partial charge in [-0.25, -0.2) is 4.98 Å². The van der Waals surface area contributed by atoms with Gasteiger partial charge in [0, 0.05) is 25.2 Å². The van der Waals surface area contributed by atoms with E-state index < -0.39 is 0 Å². The molecule has 0 radical (unpaired) electrons. The first kappa shape index (κ1) is 13.6. The second-order valence-corrected chi connectivity index (χ2v) is 7.09. The molecule has 2 saturated carbocycles. The van der Waals surface area contributed by atoms with Crippen LogP contribution in [0.3, 0.4) is 0 Å². The minimum Gasteiger partial charge on any atom is -0.353 e. The van der Waals surface area contributed by atoms with Gasteiger partial charge in [-0.2, -0.15) is 0 Å². The second-order valence-electron chi connectivity index (χ2n) is 7.09. The predicted molar refractivity (Wildman–Crippen MR) is 86.4 cm³/mol. The van der Waals surface area contributed by atoms with Crippen LogP contribution in [0.4, 0.5) is 5.82 Å². The van der Waals surface area contributed by atoms with E-state index in [0.717, 1.165) is 24.5 Å². The lowest BCUT2D eigenvalue weighted by atomic mass is 9.78. The van der Waals surface area contributed by atoms with Gasteiger partial charge in [-0.1, -0.05) is 18.9 Å². The third-order valence-electron chi connectivity index (χ3n) is 5.48. The Bertz CT molecular complexity index is 481. The molecule has 114 valence electrons. The van der Waals surface area contributed by atoms with Crippen LogP contribution in [0.2, 0.25) is 0 Å². The Morgan fingerprint density at radius 1 is 1.05 bits per heavy atom. The van der Waals surface area contributed by atoms with Crippen molar-refractivity contribution >= 4 is 5.82 Å². The van der Waals surface area contributed by atoms with Crippen LogP contribution in [0.25, 0.3) is 0 Å². The zero-order valence-corrected chi connectivity index (χ0v) is 12.9. The largest absolute Gasteiger partial charge is 0.353 e. The van der Waals surface area contributed by atoms with Crippen molar-refractivity contribution in [2.75, 3.05) is 11.4 Å². The molecule has 0 amide bonds. The van der Waals surface area contributed by atoms with Crippen LogP contribution < -0.4 is 10.2 Å². The van der Waals surface area contributed by atoms with Crippen molar-refractivity contribution in [2.45, 2.75) is 70.0 Å². The molecule has 3 heteroatoms. The Labute approximate surface area is 128 Å². The van der Waals surface area contributed by atoms with E-state index in [0.29, 0.717) is 0 Å². The number of pyridine rings is 1. The molecule has 2 unspecified atom stereocenters. The van der Waals surface area contributed by atoms with E-state index in [9.17, 15) is 0 Å². The van der Waals surface area contributed by atoms with E-state index in [1.54, 1.807) is 0 Å². The van der Waals surface area contributed by atoms with Gasteiger partial charge < -0.3 is 10.2 Å². The molecule has 1 saturated heterocycles. The maximum Gasteiger partial charge on any atom is 0.129 e. The zero-order valence-electron chi connectivity index (χ0n) is 12.9. The van der Waals surface area contributed by atoms with Crippen molar-refractivity contribution in [1.82, 2.24) is 10.3 Å². The molecule has 1 aromatic heterocycles. The highest BCUT2D eigenvalue weighted by atomic mass is 15.2. The van der Waals surface area contributed by atoms with Crippen molar-refractivity contribution < 1.29 is 0 Å². The number of nitrogens with zero attached hydrogens (tertiary/aromatic N) is 2. The number of piperidine rings is 1. The Hall–Kier alpha value is -1.09. The van der Waals surface area contributed by atoms with Crippen molar-refractivity contribution in [3.05, 3.63) is 23.9 Å². The topological polar surface area (TPSA) is 28.2 Å². The van der Waals surface area contributed by atoms with Gasteiger partial charge >= 0.3 is 0 Å². The van der Waals surface area contributed by atoms with Gasteiger partial charge in [0.15, 0.2) is 0 Å². The number of fused-ring (bicyclic) bond motifs is 1. The van der Waals surface area contributed by atoms with E-state index in [1.165, 1.54) is 69.4 Å². The number of rotatable bonds is 4. The highest BCUT2D eigenvalue weighted by Gasteiger charge is 2.33. The molecule has 3 aliphatic rings. The Kier molecular flexibility index (Phi) is 3.85. The lowest BCUT2D eigenvalue weighted by Gasteiger charge is -2.44. The molecule has 21 heavy (non-hydrogen) atoms. The third kappa shape index (κ3) is 3.08. The van der Waals surface area contributed by atoms with Crippen molar-refractivity contribution in [2.24, 2.45) is 5.92 Å². The molecule has 3 fully saturated rings. The molecule has 4 rings (SSSR count). The van der Waals surface area contributed by atoms with Crippen LogP contribution in [-0.4, -0.2) is 23.6 Å². The summed E-state index contributed by atoms with van der Waals surface area (Å²) < 4.78 is 0. The standard InChI is InChI=1S/C18H27N3/c1-2-8-17-14(5-1)6-4-12-21(17)18-9-3-7-16(20-18)13-19-15-10-11-15/h3,7,9,14-15,17,19H,1-2,4-6,8,10-13H2. The van der Waals surface area contributed by atoms with E-state index >= 15 is 0 Å². The van der Waals surface area contributed by atoms with Gasteiger partial charge in [0.05, 0.1) is 5.69 Å². The summed E-state index contributed by atoms with van der Waals surface area (Å²) in [5.74, 6) is 2.14. The van der Waals surface area contributed by atoms with Gasteiger partial charge in [-0.15, -0.1) is 0 Å². The summed E-state index contributed by atoms with van der Waals surface area (Å²) in [7, 11) is 0. The number of hydrogen-bond donors (Lipinski definition) is 1. The summed E-state index contributed by atoms with van der Waals surface area (Å²) in [5.41, 5.74) is 1.21. The molecule has 1 aliphatic heterocycles. The fraction of sp³-hybridized carbons (Fsp3) is 0.722. The Morgan fingerprint density at radius 3 is 2.81 bits per heavy atom. The summed E-state index contributed by atoms with van der Waals surface area (Å²) in [6.45, 7) is 2.13. The maximum atomic E-state index is 4.95. The van der Waals surface area contributed by atoms with E-state index in [2.05, 4.69) is 28.4 Å². The molecule has 2 atom stereocenters. The molecule has 0 aromatic carbocycles. The zero-order chi connectivity index (χ0) is 14.1. The second kappa shape index (κ2) is 5.96. The van der Waals surface area contributed by atoms with Crippen molar-refractivity contribution in [1.29, 1.82) is 0 Å².